The number of nitro groups is 1. The minimum absolute atomic E-state index is 0.0656. The third-order valence-electron chi connectivity index (χ3n) is 8.59. The predicted molar refractivity (Wildman–Crippen MR) is 164 cm³/mol. The molecule has 0 unspecified atom stereocenters. The van der Waals surface area contributed by atoms with Crippen LogP contribution in [0, 0.1) is 17.0 Å². The molecule has 1 saturated heterocycles. The second-order valence-corrected chi connectivity index (χ2v) is 18.9. The Hall–Kier alpha value is -3.09. The van der Waals surface area contributed by atoms with Gasteiger partial charge in [-0.3, -0.25) is 10.1 Å². The lowest BCUT2D eigenvalue weighted by molar-refractivity contribution is -0.543. The lowest BCUT2D eigenvalue weighted by Gasteiger charge is -2.50. The lowest BCUT2D eigenvalue weighted by atomic mass is 9.77. The molecule has 5 atom stereocenters. The molecule has 4 rings (SSSR count). The van der Waals surface area contributed by atoms with Crippen molar-refractivity contribution in [3.63, 3.8) is 0 Å². The van der Waals surface area contributed by atoms with E-state index in [0.717, 1.165) is 9.87 Å². The maximum atomic E-state index is 14.4. The smallest absolute Gasteiger partial charge is 0.246 e. The van der Waals surface area contributed by atoms with Gasteiger partial charge in [0.25, 0.3) is 0 Å². The number of piperidine rings is 1. The molecule has 226 valence electrons. The van der Waals surface area contributed by atoms with Crippen LogP contribution in [0.1, 0.15) is 49.4 Å². The van der Waals surface area contributed by atoms with Gasteiger partial charge in [-0.25, -0.2) is 8.42 Å². The number of sulfonamides is 1. The molecule has 1 fully saturated rings. The molecule has 3 aromatic rings. The Morgan fingerprint density at radius 2 is 1.50 bits per heavy atom. The van der Waals surface area contributed by atoms with Crippen LogP contribution in [-0.4, -0.2) is 56.6 Å². The molecule has 1 N–H and O–H groups in total. The fourth-order valence-electron chi connectivity index (χ4n) is 5.26. The van der Waals surface area contributed by atoms with Gasteiger partial charge in [0.2, 0.25) is 16.1 Å². The summed E-state index contributed by atoms with van der Waals surface area (Å²) in [7, 11) is -5.60. The van der Waals surface area contributed by atoms with E-state index < -0.39 is 53.6 Å². The molecule has 0 radical (unpaired) electrons. The first-order valence-corrected chi connectivity index (χ1v) is 18.2. The topological polar surface area (TPSA) is 119 Å². The second kappa shape index (κ2) is 11.9. The van der Waals surface area contributed by atoms with Gasteiger partial charge in [0.15, 0.2) is 8.32 Å². The summed E-state index contributed by atoms with van der Waals surface area (Å²) in [5.74, 6) is -0.414. The Bertz CT molecular complexity index is 1490. The van der Waals surface area contributed by atoms with Crippen molar-refractivity contribution < 1.29 is 27.6 Å². The summed E-state index contributed by atoms with van der Waals surface area (Å²) in [5.41, 5.74) is 1.81. The maximum Gasteiger partial charge on any atom is 0.246 e. The van der Waals surface area contributed by atoms with E-state index in [2.05, 4.69) is 0 Å². The molecule has 0 spiro atoms. The van der Waals surface area contributed by atoms with Gasteiger partial charge in [0.05, 0.1) is 24.0 Å². The Balaban J connectivity index is 2.02. The van der Waals surface area contributed by atoms with Crippen molar-refractivity contribution in [3.05, 3.63) is 106 Å². The van der Waals surface area contributed by atoms with E-state index in [9.17, 15) is 23.6 Å². The fraction of sp³-hybridized carbons (Fsp3) is 0.419. The van der Waals surface area contributed by atoms with E-state index in [1.165, 1.54) is 19.2 Å². The van der Waals surface area contributed by atoms with Crippen LogP contribution in [0.4, 0.5) is 0 Å². The van der Waals surface area contributed by atoms with E-state index in [4.69, 9.17) is 9.16 Å². The molecule has 0 amide bonds. The van der Waals surface area contributed by atoms with Gasteiger partial charge in [0, 0.05) is 4.92 Å². The SMILES string of the molecule is COc1ccc([C@@H]2[C@H](O[Si](C)(C)C(C)(C)C)[C@@H](O)N(S(=O)(=O)c3ccc(C)cc3)[C@@H](c3ccccc3)[C@H]2[N+](=O)[O-])cc1. The zero-order valence-corrected chi connectivity index (χ0v) is 26.9. The first-order valence-electron chi connectivity index (χ1n) is 13.9. The van der Waals surface area contributed by atoms with Crippen LogP contribution < -0.4 is 4.74 Å². The van der Waals surface area contributed by atoms with Gasteiger partial charge in [-0.2, -0.15) is 4.31 Å². The average molecular weight is 613 g/mol. The molecule has 3 aromatic carbocycles. The van der Waals surface area contributed by atoms with Gasteiger partial charge in [-0.1, -0.05) is 80.9 Å². The Morgan fingerprint density at radius 3 is 2.00 bits per heavy atom. The minimum Gasteiger partial charge on any atom is -0.497 e. The van der Waals surface area contributed by atoms with Gasteiger partial charge < -0.3 is 14.3 Å². The fourth-order valence-corrected chi connectivity index (χ4v) is 8.24. The van der Waals surface area contributed by atoms with Gasteiger partial charge in [0.1, 0.15) is 18.0 Å². The first kappa shape index (κ1) is 31.8. The standard InChI is InChI=1S/C31H40N2O7SSi/c1-21-13-19-25(20-14-21)41(37,38)32-27(23-11-9-8-10-12-23)28(33(35)36)26(22-15-17-24(39-5)18-16-22)29(30(32)34)40-42(6,7)31(2,3)4/h8-20,26-30,34H,1-7H3/t26-,27-,28-,29-,30+/m0/s1. The highest BCUT2D eigenvalue weighted by Crippen LogP contribution is 2.49. The molecule has 11 heteroatoms. The third-order valence-corrected chi connectivity index (χ3v) is 14.9. The number of aliphatic hydroxyl groups excluding tert-OH is 1. The maximum absolute atomic E-state index is 14.4. The van der Waals surface area contributed by atoms with Crippen LogP contribution in [0.5, 0.6) is 5.75 Å². The van der Waals surface area contributed by atoms with Gasteiger partial charge in [-0.15, -0.1) is 0 Å². The zero-order chi connectivity index (χ0) is 31.0. The van der Waals surface area contributed by atoms with Crippen LogP contribution in [0.25, 0.3) is 0 Å². The first-order chi connectivity index (χ1) is 19.6. The van der Waals surface area contributed by atoms with Crippen molar-refractivity contribution in [3.8, 4) is 5.75 Å². The van der Waals surface area contributed by atoms with Crippen molar-refractivity contribution in [1.29, 1.82) is 0 Å². The van der Waals surface area contributed by atoms with Crippen molar-refractivity contribution in [2.75, 3.05) is 7.11 Å². The quantitative estimate of drug-likeness (QED) is 0.191. The highest BCUT2D eigenvalue weighted by atomic mass is 32.2. The molecular weight excluding hydrogens is 573 g/mol. The van der Waals surface area contributed by atoms with Crippen LogP contribution in [0.15, 0.2) is 83.8 Å². The molecule has 0 aliphatic carbocycles. The van der Waals surface area contributed by atoms with E-state index >= 15 is 0 Å². The molecule has 1 aliphatic heterocycles. The van der Waals surface area contributed by atoms with Gasteiger partial charge in [-0.05, 0) is 60.4 Å². The summed E-state index contributed by atoms with van der Waals surface area (Å²) in [4.78, 5) is 12.6. The molecular formula is C31H40N2O7SSi. The normalized spacial score (nSPS) is 23.9. The van der Waals surface area contributed by atoms with Crippen molar-refractivity contribution >= 4 is 18.3 Å². The molecule has 0 bridgehead atoms. The van der Waals surface area contributed by atoms with Crippen LogP contribution in [-0.2, 0) is 14.4 Å². The van der Waals surface area contributed by atoms with Crippen LogP contribution in [0.3, 0.4) is 0 Å². The number of aliphatic hydroxyl groups is 1. The monoisotopic (exact) mass is 612 g/mol. The summed E-state index contributed by atoms with van der Waals surface area (Å²) >= 11 is 0. The lowest BCUT2D eigenvalue weighted by Crippen LogP contribution is -2.65. The number of benzene rings is 3. The van der Waals surface area contributed by atoms with E-state index in [-0.39, 0.29) is 9.93 Å². The van der Waals surface area contributed by atoms with Crippen molar-refractivity contribution in [2.24, 2.45) is 0 Å². The zero-order valence-electron chi connectivity index (χ0n) is 25.1. The highest BCUT2D eigenvalue weighted by Gasteiger charge is 2.61. The highest BCUT2D eigenvalue weighted by molar-refractivity contribution is 7.89. The van der Waals surface area contributed by atoms with E-state index in [1.54, 1.807) is 66.7 Å². The molecule has 1 aliphatic rings. The number of ether oxygens (including phenoxy) is 1. The largest absolute Gasteiger partial charge is 0.497 e. The molecule has 9 nitrogen and oxygen atoms in total. The Labute approximate surface area is 249 Å². The summed E-state index contributed by atoms with van der Waals surface area (Å²) in [6.45, 7) is 11.9. The Kier molecular flexibility index (Phi) is 9.01. The van der Waals surface area contributed by atoms with Crippen molar-refractivity contribution in [2.45, 2.75) is 81.1 Å². The van der Waals surface area contributed by atoms with Crippen LogP contribution in [0.2, 0.25) is 18.1 Å². The predicted octanol–water partition coefficient (Wildman–Crippen LogP) is 5.89. The molecule has 1 heterocycles. The van der Waals surface area contributed by atoms with E-state index in [0.29, 0.717) is 16.9 Å². The number of rotatable bonds is 8. The number of methoxy groups -OCH3 is 1. The summed E-state index contributed by atoms with van der Waals surface area (Å²) in [5, 5.41) is 25.0. The number of aryl methyl sites for hydroxylation is 1. The van der Waals surface area contributed by atoms with Gasteiger partial charge >= 0.3 is 0 Å². The summed E-state index contributed by atoms with van der Waals surface area (Å²) < 4.78 is 41.7. The third kappa shape index (κ3) is 6.02. The number of hydrogen-bond donors (Lipinski definition) is 1. The number of hydrogen-bond acceptors (Lipinski definition) is 7. The van der Waals surface area contributed by atoms with Crippen molar-refractivity contribution in [1.82, 2.24) is 4.31 Å². The summed E-state index contributed by atoms with van der Waals surface area (Å²) in [6, 6.07) is 18.8. The summed E-state index contributed by atoms with van der Waals surface area (Å²) in [6.07, 6.45) is -2.95. The Morgan fingerprint density at radius 1 is 0.929 bits per heavy atom. The van der Waals surface area contributed by atoms with Crippen LogP contribution >= 0.6 is 0 Å². The molecule has 0 saturated carbocycles. The average Bonchev–Trinajstić information content (AvgIpc) is 2.93. The molecule has 42 heavy (non-hydrogen) atoms. The molecule has 0 aromatic heterocycles. The van der Waals surface area contributed by atoms with E-state index in [1.807, 2.05) is 40.8 Å². The second-order valence-electron chi connectivity index (χ2n) is 12.3. The number of nitrogens with zero attached hydrogens (tertiary/aromatic N) is 2. The minimum atomic E-state index is -4.44.